The van der Waals surface area contributed by atoms with Crippen molar-refractivity contribution in [2.75, 3.05) is 0 Å². The van der Waals surface area contributed by atoms with Gasteiger partial charge < -0.3 is 21.8 Å². The van der Waals surface area contributed by atoms with Crippen molar-refractivity contribution >= 4 is 27.5 Å². The third-order valence-corrected chi connectivity index (χ3v) is 8.43. The Hall–Kier alpha value is -3.05. The molecule has 1 aliphatic carbocycles. The van der Waals surface area contributed by atoms with Gasteiger partial charge in [-0.25, -0.2) is 8.42 Å². The minimum absolute atomic E-state index is 0.0192. The van der Waals surface area contributed by atoms with Crippen LogP contribution in [-0.2, 0) is 34.2 Å². The number of carbonyl (C=O) groups is 1. The SMILES string of the molecule is CC(C)(C)NCc1ccc2c(c1)CCCC2.NN/C=C(\N)C[C@@H]1C(=O)NC=CN1S(=O)(=O)c1ccc(Cl)cc1. The molecule has 2 aromatic rings. The lowest BCUT2D eigenvalue weighted by atomic mass is 9.90. The van der Waals surface area contributed by atoms with Gasteiger partial charge in [-0.05, 0) is 87.4 Å². The van der Waals surface area contributed by atoms with E-state index in [2.05, 4.69) is 55.0 Å². The second-order valence-corrected chi connectivity index (χ2v) is 12.9. The summed E-state index contributed by atoms with van der Waals surface area (Å²) < 4.78 is 26.5. The summed E-state index contributed by atoms with van der Waals surface area (Å²) in [6.45, 7) is 7.62. The van der Waals surface area contributed by atoms with Crippen LogP contribution in [-0.4, -0.2) is 30.2 Å². The summed E-state index contributed by atoms with van der Waals surface area (Å²) in [7, 11) is -3.93. The molecule has 2 aliphatic rings. The van der Waals surface area contributed by atoms with Gasteiger partial charge in [0.1, 0.15) is 6.04 Å². The quantitative estimate of drug-likeness (QED) is 0.252. The average molecular weight is 575 g/mol. The van der Waals surface area contributed by atoms with E-state index in [0.29, 0.717) is 5.02 Å². The number of carbonyl (C=O) groups excluding carboxylic acids is 1. The number of rotatable bonds is 7. The van der Waals surface area contributed by atoms with Crippen LogP contribution < -0.4 is 27.6 Å². The zero-order valence-electron chi connectivity index (χ0n) is 22.7. The lowest BCUT2D eigenvalue weighted by Crippen LogP contribution is -2.49. The fourth-order valence-electron chi connectivity index (χ4n) is 4.32. The van der Waals surface area contributed by atoms with Crippen LogP contribution in [0.1, 0.15) is 56.7 Å². The molecule has 11 heteroatoms. The van der Waals surface area contributed by atoms with Gasteiger partial charge in [-0.3, -0.25) is 14.9 Å². The van der Waals surface area contributed by atoms with Crippen LogP contribution in [0.3, 0.4) is 0 Å². The largest absolute Gasteiger partial charge is 0.401 e. The molecule has 0 saturated heterocycles. The topological polar surface area (TPSA) is 143 Å². The molecule has 0 radical (unpaired) electrons. The van der Waals surface area contributed by atoms with Crippen molar-refractivity contribution in [3.8, 4) is 0 Å². The molecular weight excluding hydrogens is 536 g/mol. The number of aryl methyl sites for hydroxylation is 2. The van der Waals surface area contributed by atoms with Crippen molar-refractivity contribution in [3.05, 3.63) is 88.5 Å². The van der Waals surface area contributed by atoms with E-state index in [9.17, 15) is 13.2 Å². The highest BCUT2D eigenvalue weighted by atomic mass is 35.5. The maximum absolute atomic E-state index is 12.7. The first-order valence-electron chi connectivity index (χ1n) is 12.9. The van der Waals surface area contributed by atoms with Crippen LogP contribution in [0.15, 0.2) is 71.7 Å². The molecule has 212 valence electrons. The number of nitrogens with two attached hydrogens (primary N) is 2. The predicted molar refractivity (Wildman–Crippen MR) is 155 cm³/mol. The number of sulfonamides is 1. The molecule has 0 aromatic heterocycles. The minimum Gasteiger partial charge on any atom is -0.401 e. The molecule has 1 atom stereocenters. The van der Waals surface area contributed by atoms with E-state index in [1.807, 2.05) is 0 Å². The van der Waals surface area contributed by atoms with E-state index in [-0.39, 0.29) is 22.6 Å². The number of nitrogens with zero attached hydrogens (tertiary/aromatic N) is 1. The van der Waals surface area contributed by atoms with Crippen LogP contribution in [0.25, 0.3) is 0 Å². The summed E-state index contributed by atoms with van der Waals surface area (Å²) in [5, 5.41) is 6.42. The Labute approximate surface area is 236 Å². The van der Waals surface area contributed by atoms with Crippen LogP contribution >= 0.6 is 11.6 Å². The number of amides is 1. The van der Waals surface area contributed by atoms with Gasteiger partial charge in [-0.1, -0.05) is 29.8 Å². The number of hydrazine groups is 1. The standard InChI is InChI=1S/C15H23N.C13H16ClN5O3S/c1-15(2,3)16-11-12-8-9-13-6-4-5-7-14(13)10-12;14-9-1-3-11(4-2-9)23(21,22)19-6-5-17-13(20)12(19)7-10(15)8-18-16/h8-10,16H,4-7,11H2,1-3H3;1-6,8,12,18H,7,15-16H2,(H,17,20)/b;10-8-/t;12-/m.1/s1. The van der Waals surface area contributed by atoms with Crippen LogP contribution in [0, 0.1) is 0 Å². The molecular formula is C28H39ClN6O3S. The van der Waals surface area contributed by atoms with Gasteiger partial charge in [0.25, 0.3) is 10.0 Å². The molecule has 7 N–H and O–H groups in total. The van der Waals surface area contributed by atoms with Gasteiger partial charge in [0.05, 0.1) is 4.90 Å². The van der Waals surface area contributed by atoms with E-state index in [4.69, 9.17) is 23.2 Å². The van der Waals surface area contributed by atoms with Crippen molar-refractivity contribution < 1.29 is 13.2 Å². The molecule has 0 bridgehead atoms. The van der Waals surface area contributed by atoms with Crippen molar-refractivity contribution in [1.82, 2.24) is 20.4 Å². The second-order valence-electron chi connectivity index (χ2n) is 10.6. The number of hydrogen-bond donors (Lipinski definition) is 5. The molecule has 2 aromatic carbocycles. The smallest absolute Gasteiger partial charge is 0.264 e. The summed E-state index contributed by atoms with van der Waals surface area (Å²) in [5.74, 6) is 4.64. The number of halogens is 1. The zero-order valence-corrected chi connectivity index (χ0v) is 24.3. The molecule has 1 amide bonds. The Morgan fingerprint density at radius 3 is 2.44 bits per heavy atom. The summed E-state index contributed by atoms with van der Waals surface area (Å²) in [6, 6.07) is 11.6. The third kappa shape index (κ3) is 8.72. The summed E-state index contributed by atoms with van der Waals surface area (Å²) in [6.07, 6.45) is 9.09. The van der Waals surface area contributed by atoms with Gasteiger partial charge in [0, 0.05) is 47.8 Å². The highest BCUT2D eigenvalue weighted by Crippen LogP contribution is 2.25. The summed E-state index contributed by atoms with van der Waals surface area (Å²) in [4.78, 5) is 12.1. The number of fused-ring (bicyclic) bond motifs is 1. The molecule has 0 spiro atoms. The first kappa shape index (κ1) is 30.5. The summed E-state index contributed by atoms with van der Waals surface area (Å²) in [5.41, 5.74) is 13.0. The molecule has 1 aliphatic heterocycles. The average Bonchev–Trinajstić information content (AvgIpc) is 2.89. The van der Waals surface area contributed by atoms with E-state index >= 15 is 0 Å². The maximum Gasteiger partial charge on any atom is 0.264 e. The minimum atomic E-state index is -3.93. The fourth-order valence-corrected chi connectivity index (χ4v) is 5.90. The Morgan fingerprint density at radius 2 is 1.79 bits per heavy atom. The molecule has 0 saturated carbocycles. The second kappa shape index (κ2) is 13.3. The third-order valence-electron chi connectivity index (χ3n) is 6.38. The van der Waals surface area contributed by atoms with E-state index in [1.165, 1.54) is 74.1 Å². The van der Waals surface area contributed by atoms with Crippen LogP contribution in [0.2, 0.25) is 5.02 Å². The lowest BCUT2D eigenvalue weighted by molar-refractivity contribution is -0.124. The molecule has 1 heterocycles. The van der Waals surface area contributed by atoms with Crippen LogP contribution in [0.4, 0.5) is 0 Å². The Morgan fingerprint density at radius 1 is 1.13 bits per heavy atom. The fraction of sp³-hybridized carbons (Fsp3) is 0.393. The molecule has 9 nitrogen and oxygen atoms in total. The molecule has 0 fully saturated rings. The van der Waals surface area contributed by atoms with E-state index < -0.39 is 22.0 Å². The summed E-state index contributed by atoms with van der Waals surface area (Å²) >= 11 is 5.77. The van der Waals surface area contributed by atoms with Gasteiger partial charge in [0.2, 0.25) is 5.91 Å². The normalized spacial score (nSPS) is 17.6. The van der Waals surface area contributed by atoms with Crippen molar-refractivity contribution in [3.63, 3.8) is 0 Å². The number of nitrogens with one attached hydrogen (secondary N) is 3. The Balaban J connectivity index is 0.000000230. The van der Waals surface area contributed by atoms with Gasteiger partial charge in [-0.2, -0.15) is 0 Å². The highest BCUT2D eigenvalue weighted by molar-refractivity contribution is 7.89. The Bertz CT molecular complexity index is 1300. The zero-order chi connectivity index (χ0) is 28.6. The van der Waals surface area contributed by atoms with Crippen LogP contribution in [0.5, 0.6) is 0 Å². The van der Waals surface area contributed by atoms with Gasteiger partial charge in [-0.15, -0.1) is 0 Å². The first-order valence-corrected chi connectivity index (χ1v) is 14.7. The molecule has 0 unspecified atom stereocenters. The van der Waals surface area contributed by atoms with Gasteiger partial charge in [0.15, 0.2) is 0 Å². The van der Waals surface area contributed by atoms with E-state index in [0.717, 1.165) is 10.8 Å². The number of benzene rings is 2. The molecule has 4 rings (SSSR count). The molecule has 39 heavy (non-hydrogen) atoms. The van der Waals surface area contributed by atoms with E-state index in [1.54, 1.807) is 11.1 Å². The van der Waals surface area contributed by atoms with Crippen molar-refractivity contribution in [2.45, 2.75) is 75.9 Å². The monoisotopic (exact) mass is 574 g/mol. The van der Waals surface area contributed by atoms with Crippen molar-refractivity contribution in [2.24, 2.45) is 11.6 Å². The highest BCUT2D eigenvalue weighted by Gasteiger charge is 2.35. The lowest BCUT2D eigenvalue weighted by Gasteiger charge is -2.31. The first-order chi connectivity index (χ1) is 18.4. The predicted octanol–water partition coefficient (Wildman–Crippen LogP) is 3.41. The van der Waals surface area contributed by atoms with Gasteiger partial charge >= 0.3 is 0 Å². The van der Waals surface area contributed by atoms with Crippen molar-refractivity contribution in [1.29, 1.82) is 0 Å². The number of hydrogen-bond acceptors (Lipinski definition) is 7. The Kier molecular flexibility index (Phi) is 10.4. The maximum atomic E-state index is 12.7.